The summed E-state index contributed by atoms with van der Waals surface area (Å²) in [5, 5.41) is 0. The predicted octanol–water partition coefficient (Wildman–Crippen LogP) is 5.22. The third-order valence-electron chi connectivity index (χ3n) is 2.96. The fraction of sp³-hybridized carbons (Fsp3) is 0.118. The lowest BCUT2D eigenvalue weighted by Gasteiger charge is -2.14. The molecule has 0 aromatic heterocycles. The number of benzene rings is 2. The van der Waals surface area contributed by atoms with Gasteiger partial charge < -0.3 is 9.47 Å². The van der Waals surface area contributed by atoms with Crippen molar-refractivity contribution in [2.24, 2.45) is 0 Å². The molecule has 0 aliphatic rings. The minimum Gasteiger partial charge on any atom is -0.426 e. The Balaban J connectivity index is 2.24. The number of hydrogen-bond donors (Lipinski definition) is 0. The van der Waals surface area contributed by atoms with Gasteiger partial charge in [0, 0.05) is 0 Å². The molecule has 0 radical (unpaired) electrons. The van der Waals surface area contributed by atoms with Gasteiger partial charge in [0.15, 0.2) is 0 Å². The van der Waals surface area contributed by atoms with Crippen LogP contribution in [0.15, 0.2) is 60.6 Å². The van der Waals surface area contributed by atoms with Gasteiger partial charge in [0.1, 0.15) is 17.8 Å². The predicted molar refractivity (Wildman–Crippen MR) is 78.3 cm³/mol. The normalized spacial score (nSPS) is 11.6. The average Bonchev–Trinajstić information content (AvgIpc) is 2.54. The van der Waals surface area contributed by atoms with Crippen LogP contribution in [0.3, 0.4) is 0 Å². The molecule has 0 aliphatic heterocycles. The summed E-state index contributed by atoms with van der Waals surface area (Å²) in [5.74, 6) is -1.20. The second kappa shape index (κ2) is 7.51. The summed E-state index contributed by atoms with van der Waals surface area (Å²) in [7, 11) is 0. The Bertz CT molecular complexity index is 747. The Morgan fingerprint density at radius 1 is 0.769 bits per heavy atom. The standard InChI is InChI=1S/C17H10F6O3/c18-16(19,20)11-3-1-5-13(9-11)25-15(7-8-24)26-14-6-2-4-12(10-14)17(21,22)23/h1-10H. The smallest absolute Gasteiger partial charge is 0.416 e. The molecule has 0 N–H and O–H groups in total. The zero-order chi connectivity index (χ0) is 19.4. The maximum atomic E-state index is 12.7. The fourth-order valence-corrected chi connectivity index (χ4v) is 1.85. The van der Waals surface area contributed by atoms with Gasteiger partial charge in [-0.1, -0.05) is 12.1 Å². The molecule has 0 fully saturated rings. The van der Waals surface area contributed by atoms with E-state index in [4.69, 9.17) is 9.47 Å². The first-order valence-electron chi connectivity index (χ1n) is 6.95. The lowest BCUT2D eigenvalue weighted by Crippen LogP contribution is -2.08. The Hall–Kier alpha value is -2.97. The van der Waals surface area contributed by atoms with Gasteiger partial charge in [-0.05, 0) is 36.4 Å². The van der Waals surface area contributed by atoms with E-state index in [1.54, 1.807) is 0 Å². The molecule has 0 saturated carbocycles. The Morgan fingerprint density at radius 2 is 1.19 bits per heavy atom. The molecule has 26 heavy (non-hydrogen) atoms. The SMILES string of the molecule is O=CC=C(Oc1cccc(C(F)(F)F)c1)Oc1cccc(C(F)(F)F)c1. The zero-order valence-electron chi connectivity index (χ0n) is 12.8. The van der Waals surface area contributed by atoms with Gasteiger partial charge in [-0.2, -0.15) is 26.3 Å². The summed E-state index contributed by atoms with van der Waals surface area (Å²) in [6, 6.07) is 7.42. The van der Waals surface area contributed by atoms with E-state index in [1.807, 2.05) is 0 Å². The Labute approximate surface area is 143 Å². The number of allylic oxidation sites excluding steroid dienone is 1. The van der Waals surface area contributed by atoms with E-state index in [0.717, 1.165) is 30.3 Å². The van der Waals surface area contributed by atoms with Crippen LogP contribution in [0.5, 0.6) is 11.5 Å². The highest BCUT2D eigenvalue weighted by atomic mass is 19.4. The minimum absolute atomic E-state index is 0.219. The molecule has 9 heteroatoms. The summed E-state index contributed by atoms with van der Waals surface area (Å²) in [5.41, 5.74) is -2.00. The van der Waals surface area contributed by atoms with Crippen LogP contribution in [-0.2, 0) is 17.1 Å². The molecule has 0 aliphatic carbocycles. The molecule has 3 nitrogen and oxygen atoms in total. The number of halogens is 6. The van der Waals surface area contributed by atoms with E-state index >= 15 is 0 Å². The molecule has 0 unspecified atom stereocenters. The summed E-state index contributed by atoms with van der Waals surface area (Å²) in [6.07, 6.45) is -8.29. The van der Waals surface area contributed by atoms with E-state index < -0.39 is 29.4 Å². The number of aldehydes is 1. The first-order chi connectivity index (χ1) is 12.1. The van der Waals surface area contributed by atoms with Gasteiger partial charge in [-0.15, -0.1) is 0 Å². The summed E-state index contributed by atoms with van der Waals surface area (Å²) in [4.78, 5) is 10.7. The van der Waals surface area contributed by atoms with Crippen molar-refractivity contribution in [2.45, 2.75) is 12.4 Å². The third-order valence-corrected chi connectivity index (χ3v) is 2.96. The van der Waals surface area contributed by atoms with Crippen LogP contribution in [-0.4, -0.2) is 6.29 Å². The van der Waals surface area contributed by atoms with Crippen molar-refractivity contribution in [3.63, 3.8) is 0 Å². The number of carbonyl (C=O) groups excluding carboxylic acids is 1. The van der Waals surface area contributed by atoms with E-state index in [0.29, 0.717) is 12.1 Å². The molecular weight excluding hydrogens is 366 g/mol. The largest absolute Gasteiger partial charge is 0.426 e. The van der Waals surface area contributed by atoms with E-state index in [2.05, 4.69) is 0 Å². The molecule has 0 atom stereocenters. The van der Waals surface area contributed by atoms with Crippen LogP contribution in [0.25, 0.3) is 0 Å². The van der Waals surface area contributed by atoms with Gasteiger partial charge in [-0.25, -0.2) is 0 Å². The van der Waals surface area contributed by atoms with Crippen molar-refractivity contribution in [1.82, 2.24) is 0 Å². The Morgan fingerprint density at radius 3 is 1.54 bits per heavy atom. The first kappa shape index (κ1) is 19.4. The molecule has 0 amide bonds. The fourth-order valence-electron chi connectivity index (χ4n) is 1.85. The van der Waals surface area contributed by atoms with Gasteiger partial charge in [0.2, 0.25) is 0 Å². The minimum atomic E-state index is -4.62. The van der Waals surface area contributed by atoms with E-state index in [1.165, 1.54) is 12.1 Å². The lowest BCUT2D eigenvalue weighted by molar-refractivity contribution is -0.138. The molecule has 0 heterocycles. The van der Waals surface area contributed by atoms with Crippen LogP contribution in [0.1, 0.15) is 11.1 Å². The number of ether oxygens (including phenoxy) is 2. The van der Waals surface area contributed by atoms with E-state index in [9.17, 15) is 31.1 Å². The van der Waals surface area contributed by atoms with Crippen LogP contribution in [0, 0.1) is 0 Å². The molecule has 2 rings (SSSR count). The highest BCUT2D eigenvalue weighted by Gasteiger charge is 2.31. The zero-order valence-corrected chi connectivity index (χ0v) is 12.8. The molecular formula is C17H10F6O3. The second-order valence-corrected chi connectivity index (χ2v) is 4.88. The van der Waals surface area contributed by atoms with Gasteiger partial charge >= 0.3 is 12.4 Å². The van der Waals surface area contributed by atoms with Crippen molar-refractivity contribution in [3.8, 4) is 11.5 Å². The number of alkyl halides is 6. The summed E-state index contributed by atoms with van der Waals surface area (Å²) in [6.45, 7) is 0. The molecule has 138 valence electrons. The summed E-state index contributed by atoms with van der Waals surface area (Å²) < 4.78 is 86.2. The Kier molecular flexibility index (Phi) is 5.59. The van der Waals surface area contributed by atoms with Gasteiger partial charge in [0.25, 0.3) is 5.95 Å². The van der Waals surface area contributed by atoms with Crippen molar-refractivity contribution < 1.29 is 40.6 Å². The quantitative estimate of drug-likeness (QED) is 0.311. The molecule has 2 aromatic rings. The second-order valence-electron chi connectivity index (χ2n) is 4.88. The van der Waals surface area contributed by atoms with Crippen LogP contribution < -0.4 is 9.47 Å². The van der Waals surface area contributed by atoms with Crippen LogP contribution in [0.4, 0.5) is 26.3 Å². The summed E-state index contributed by atoms with van der Waals surface area (Å²) >= 11 is 0. The number of hydrogen-bond acceptors (Lipinski definition) is 3. The van der Waals surface area contributed by atoms with Crippen molar-refractivity contribution in [1.29, 1.82) is 0 Å². The lowest BCUT2D eigenvalue weighted by atomic mass is 10.2. The van der Waals surface area contributed by atoms with Crippen molar-refractivity contribution >= 4 is 6.29 Å². The monoisotopic (exact) mass is 376 g/mol. The molecule has 0 bridgehead atoms. The highest BCUT2D eigenvalue weighted by Crippen LogP contribution is 2.33. The molecule has 0 spiro atoms. The number of rotatable bonds is 5. The van der Waals surface area contributed by atoms with Crippen molar-refractivity contribution in [2.75, 3.05) is 0 Å². The molecule has 2 aromatic carbocycles. The van der Waals surface area contributed by atoms with E-state index in [-0.39, 0.29) is 17.8 Å². The first-order valence-corrected chi connectivity index (χ1v) is 6.95. The topological polar surface area (TPSA) is 35.5 Å². The van der Waals surface area contributed by atoms with Crippen LogP contribution >= 0.6 is 0 Å². The van der Waals surface area contributed by atoms with Gasteiger partial charge in [0.05, 0.1) is 17.2 Å². The van der Waals surface area contributed by atoms with Gasteiger partial charge in [-0.3, -0.25) is 4.79 Å². The van der Waals surface area contributed by atoms with Crippen LogP contribution in [0.2, 0.25) is 0 Å². The maximum absolute atomic E-state index is 12.7. The molecule has 0 saturated heterocycles. The average molecular weight is 376 g/mol. The highest BCUT2D eigenvalue weighted by molar-refractivity contribution is 5.65. The van der Waals surface area contributed by atoms with Crippen molar-refractivity contribution in [3.05, 3.63) is 71.7 Å². The maximum Gasteiger partial charge on any atom is 0.416 e. The number of carbonyl (C=O) groups is 1. The third kappa shape index (κ3) is 5.27.